The molecule has 0 atom stereocenters. The molecule has 0 aromatic heterocycles. The van der Waals surface area contributed by atoms with Gasteiger partial charge >= 0.3 is 10.1 Å². The summed E-state index contributed by atoms with van der Waals surface area (Å²) in [4.78, 5) is -0.269. The van der Waals surface area contributed by atoms with Gasteiger partial charge in [-0.15, -0.1) is 0 Å². The molecule has 0 amide bonds. The Morgan fingerprint density at radius 1 is 1.20 bits per heavy atom. The van der Waals surface area contributed by atoms with Crippen LogP contribution in [0.2, 0.25) is 0 Å². The summed E-state index contributed by atoms with van der Waals surface area (Å²) < 4.78 is 43.0. The second kappa shape index (κ2) is 5.76. The summed E-state index contributed by atoms with van der Waals surface area (Å²) in [6, 6.07) is 11.0. The summed E-state index contributed by atoms with van der Waals surface area (Å²) in [7, 11) is -4.10. The first kappa shape index (κ1) is 14.7. The lowest BCUT2D eigenvalue weighted by atomic mass is 10.2. The van der Waals surface area contributed by atoms with Crippen molar-refractivity contribution in [2.75, 3.05) is 0 Å². The molecule has 0 unspecified atom stereocenters. The molecule has 102 valence electrons. The molecule has 2 aromatic carbocycles. The van der Waals surface area contributed by atoms with Gasteiger partial charge in [-0.3, -0.25) is 0 Å². The van der Waals surface area contributed by atoms with E-state index in [9.17, 15) is 12.8 Å². The molecule has 0 heterocycles. The molecule has 0 spiro atoms. The van der Waals surface area contributed by atoms with Gasteiger partial charge in [0.05, 0.1) is 5.56 Å². The summed E-state index contributed by atoms with van der Waals surface area (Å²) in [6.45, 7) is 0. The number of halogens is 2. The van der Waals surface area contributed by atoms with E-state index in [2.05, 4.69) is 0 Å². The average Bonchev–Trinajstić information content (AvgIpc) is 2.38. The van der Waals surface area contributed by atoms with Gasteiger partial charge in [-0.1, -0.05) is 6.07 Å². The summed E-state index contributed by atoms with van der Waals surface area (Å²) in [5.74, 6) is -0.625. The zero-order valence-electron chi connectivity index (χ0n) is 9.88. The largest absolute Gasteiger partial charge is 0.379 e. The van der Waals surface area contributed by atoms with Gasteiger partial charge in [0.25, 0.3) is 0 Å². The maximum atomic E-state index is 13.2. The first-order chi connectivity index (χ1) is 9.42. The molecule has 0 radical (unpaired) electrons. The van der Waals surface area contributed by atoms with E-state index in [1.54, 1.807) is 24.3 Å². The van der Waals surface area contributed by atoms with Crippen LogP contribution < -0.4 is 4.18 Å². The van der Waals surface area contributed by atoms with Crippen molar-refractivity contribution in [2.24, 2.45) is 0 Å². The van der Waals surface area contributed by atoms with Gasteiger partial charge in [-0.2, -0.15) is 13.7 Å². The third kappa shape index (κ3) is 3.26. The van der Waals surface area contributed by atoms with Gasteiger partial charge in [0, 0.05) is 3.57 Å². The predicted molar refractivity (Wildman–Crippen MR) is 78.1 cm³/mol. The van der Waals surface area contributed by atoms with Crippen molar-refractivity contribution in [3.63, 3.8) is 0 Å². The number of nitriles is 1. The van der Waals surface area contributed by atoms with E-state index >= 15 is 0 Å². The molecule has 0 aliphatic heterocycles. The van der Waals surface area contributed by atoms with Crippen molar-refractivity contribution in [3.8, 4) is 11.8 Å². The molecule has 20 heavy (non-hydrogen) atoms. The van der Waals surface area contributed by atoms with E-state index in [4.69, 9.17) is 9.44 Å². The third-order valence-electron chi connectivity index (χ3n) is 2.35. The van der Waals surface area contributed by atoms with E-state index < -0.39 is 15.9 Å². The Morgan fingerprint density at radius 2 is 1.95 bits per heavy atom. The zero-order chi connectivity index (χ0) is 14.8. The van der Waals surface area contributed by atoms with Crippen LogP contribution in [0.5, 0.6) is 5.75 Å². The minimum Gasteiger partial charge on any atom is -0.379 e. The fourth-order valence-corrected chi connectivity index (χ4v) is 2.90. The standard InChI is InChI=1S/C13H7FINO3S/c14-13-5-4-12(6-9(13)8-16)20(17,18)19-11-3-1-2-10(15)7-11/h1-7H. The predicted octanol–water partition coefficient (Wildman–Crippen LogP) is 3.07. The van der Waals surface area contributed by atoms with Crippen LogP contribution in [0.4, 0.5) is 4.39 Å². The number of rotatable bonds is 3. The minimum absolute atomic E-state index is 0.153. The summed E-state index contributed by atoms with van der Waals surface area (Å²) in [6.07, 6.45) is 0. The lowest BCUT2D eigenvalue weighted by Crippen LogP contribution is -2.10. The Balaban J connectivity index is 2.39. The van der Waals surface area contributed by atoms with Gasteiger partial charge in [0.1, 0.15) is 22.5 Å². The average molecular weight is 403 g/mol. The summed E-state index contributed by atoms with van der Waals surface area (Å²) in [5, 5.41) is 8.71. The van der Waals surface area contributed by atoms with Crippen molar-refractivity contribution in [2.45, 2.75) is 4.90 Å². The highest BCUT2D eigenvalue weighted by Crippen LogP contribution is 2.21. The van der Waals surface area contributed by atoms with Crippen molar-refractivity contribution in [3.05, 3.63) is 57.4 Å². The zero-order valence-corrected chi connectivity index (χ0v) is 12.9. The molecule has 0 saturated heterocycles. The van der Waals surface area contributed by atoms with E-state index in [0.29, 0.717) is 0 Å². The van der Waals surface area contributed by atoms with Gasteiger partial charge < -0.3 is 4.18 Å². The Morgan fingerprint density at radius 3 is 2.60 bits per heavy atom. The molecule has 0 saturated carbocycles. The fraction of sp³-hybridized carbons (Fsp3) is 0. The molecule has 0 N–H and O–H groups in total. The monoisotopic (exact) mass is 403 g/mol. The lowest BCUT2D eigenvalue weighted by molar-refractivity contribution is 0.485. The molecule has 0 fully saturated rings. The molecule has 0 bridgehead atoms. The maximum Gasteiger partial charge on any atom is 0.339 e. The Kier molecular flexibility index (Phi) is 4.25. The van der Waals surface area contributed by atoms with Crippen LogP contribution >= 0.6 is 22.6 Å². The van der Waals surface area contributed by atoms with Gasteiger partial charge in [-0.05, 0) is 59.0 Å². The molecular formula is C13H7FINO3S. The highest BCUT2D eigenvalue weighted by Gasteiger charge is 2.18. The molecule has 0 aliphatic rings. The van der Waals surface area contributed by atoms with Crippen LogP contribution in [0.3, 0.4) is 0 Å². The molecule has 2 aromatic rings. The van der Waals surface area contributed by atoms with Crippen molar-refractivity contribution in [1.82, 2.24) is 0 Å². The van der Waals surface area contributed by atoms with Gasteiger partial charge in [-0.25, -0.2) is 4.39 Å². The van der Waals surface area contributed by atoms with Gasteiger partial charge in [0.15, 0.2) is 0 Å². The van der Waals surface area contributed by atoms with Crippen molar-refractivity contribution in [1.29, 1.82) is 5.26 Å². The maximum absolute atomic E-state index is 13.2. The van der Waals surface area contributed by atoms with Crippen LogP contribution in [0.15, 0.2) is 47.4 Å². The van der Waals surface area contributed by atoms with E-state index in [1.165, 1.54) is 6.07 Å². The highest BCUT2D eigenvalue weighted by atomic mass is 127. The Labute approximate surface area is 129 Å². The SMILES string of the molecule is N#Cc1cc(S(=O)(=O)Oc2cccc(I)c2)ccc1F. The number of hydrogen-bond donors (Lipinski definition) is 0. The second-order valence-corrected chi connectivity index (χ2v) is 6.54. The van der Waals surface area contributed by atoms with Crippen molar-refractivity contribution < 1.29 is 17.0 Å². The Hall–Kier alpha value is -1.66. The smallest absolute Gasteiger partial charge is 0.339 e. The fourth-order valence-electron chi connectivity index (χ4n) is 1.44. The first-order valence-electron chi connectivity index (χ1n) is 5.32. The van der Waals surface area contributed by atoms with E-state index in [0.717, 1.165) is 21.8 Å². The number of hydrogen-bond acceptors (Lipinski definition) is 4. The molecule has 2 rings (SSSR count). The number of benzene rings is 2. The summed E-state index contributed by atoms with van der Waals surface area (Å²) in [5.41, 5.74) is -0.350. The molecular weight excluding hydrogens is 396 g/mol. The van der Waals surface area contributed by atoms with Crippen LogP contribution in [-0.4, -0.2) is 8.42 Å². The van der Waals surface area contributed by atoms with E-state index in [1.807, 2.05) is 22.6 Å². The van der Waals surface area contributed by atoms with E-state index in [-0.39, 0.29) is 16.2 Å². The van der Waals surface area contributed by atoms with Crippen molar-refractivity contribution >= 4 is 32.7 Å². The second-order valence-electron chi connectivity index (χ2n) is 3.75. The molecule has 7 heteroatoms. The van der Waals surface area contributed by atoms with Crippen LogP contribution in [0, 0.1) is 20.7 Å². The minimum atomic E-state index is -4.10. The number of nitrogens with zero attached hydrogens (tertiary/aromatic N) is 1. The normalized spacial score (nSPS) is 10.8. The Bertz CT molecular complexity index is 800. The van der Waals surface area contributed by atoms with Crippen LogP contribution in [-0.2, 0) is 10.1 Å². The molecule has 4 nitrogen and oxygen atoms in total. The summed E-state index contributed by atoms with van der Waals surface area (Å²) >= 11 is 2.02. The molecule has 0 aliphatic carbocycles. The van der Waals surface area contributed by atoms with Crippen LogP contribution in [0.25, 0.3) is 0 Å². The topological polar surface area (TPSA) is 67.2 Å². The quantitative estimate of drug-likeness (QED) is 0.584. The third-order valence-corrected chi connectivity index (χ3v) is 4.26. The lowest BCUT2D eigenvalue weighted by Gasteiger charge is -2.07. The highest BCUT2D eigenvalue weighted by molar-refractivity contribution is 14.1. The first-order valence-corrected chi connectivity index (χ1v) is 7.81. The van der Waals surface area contributed by atoms with Gasteiger partial charge in [0.2, 0.25) is 0 Å². The van der Waals surface area contributed by atoms with Crippen LogP contribution in [0.1, 0.15) is 5.56 Å².